The fourth-order valence-corrected chi connectivity index (χ4v) is 5.06. The molecule has 32 heavy (non-hydrogen) atoms. The molecule has 0 radical (unpaired) electrons. The van der Waals surface area contributed by atoms with Crippen molar-refractivity contribution in [2.24, 2.45) is 5.92 Å². The van der Waals surface area contributed by atoms with Crippen molar-refractivity contribution in [3.8, 4) is 16.9 Å². The Balaban J connectivity index is 1.40. The van der Waals surface area contributed by atoms with Gasteiger partial charge in [-0.1, -0.05) is 89.8 Å². The van der Waals surface area contributed by atoms with Crippen molar-refractivity contribution in [3.63, 3.8) is 0 Å². The van der Waals surface area contributed by atoms with Gasteiger partial charge in [-0.25, -0.2) is 0 Å². The molecule has 0 spiro atoms. The maximum atomic E-state index is 5.84. The quantitative estimate of drug-likeness (QED) is 0.276. The molecule has 0 aliphatic heterocycles. The van der Waals surface area contributed by atoms with Gasteiger partial charge in [-0.15, -0.1) is 0 Å². The Bertz CT molecular complexity index is 728. The SMILES string of the molecule is CCCCCCCCC1CCC(c2ccc(-c3ccc(OCCCCC)cc3)cn2)CC1. The van der Waals surface area contributed by atoms with E-state index in [4.69, 9.17) is 9.72 Å². The van der Waals surface area contributed by atoms with Gasteiger partial charge in [0.05, 0.1) is 6.61 Å². The predicted octanol–water partition coefficient (Wildman–Crippen LogP) is 9.34. The molecule has 0 atom stereocenters. The van der Waals surface area contributed by atoms with E-state index in [0.29, 0.717) is 5.92 Å². The van der Waals surface area contributed by atoms with Crippen molar-refractivity contribution in [2.45, 2.75) is 110 Å². The van der Waals surface area contributed by atoms with Crippen LogP contribution in [0.3, 0.4) is 0 Å². The van der Waals surface area contributed by atoms with E-state index < -0.39 is 0 Å². The van der Waals surface area contributed by atoms with Gasteiger partial charge in [-0.2, -0.15) is 0 Å². The molecule has 0 saturated heterocycles. The molecule has 1 aromatic carbocycles. The van der Waals surface area contributed by atoms with E-state index >= 15 is 0 Å². The van der Waals surface area contributed by atoms with E-state index in [1.807, 2.05) is 0 Å². The minimum absolute atomic E-state index is 0.656. The first-order valence-corrected chi connectivity index (χ1v) is 13.5. The van der Waals surface area contributed by atoms with Crippen LogP contribution in [-0.4, -0.2) is 11.6 Å². The molecule has 0 amide bonds. The Morgan fingerprint density at radius 3 is 2.06 bits per heavy atom. The average molecular weight is 436 g/mol. The lowest BCUT2D eigenvalue weighted by Crippen LogP contribution is -2.14. The zero-order valence-corrected chi connectivity index (χ0v) is 20.7. The summed E-state index contributed by atoms with van der Waals surface area (Å²) in [5.41, 5.74) is 3.71. The summed E-state index contributed by atoms with van der Waals surface area (Å²) in [6, 6.07) is 13.0. The number of hydrogen-bond acceptors (Lipinski definition) is 2. The van der Waals surface area contributed by atoms with Crippen LogP contribution >= 0.6 is 0 Å². The van der Waals surface area contributed by atoms with Gasteiger partial charge in [-0.3, -0.25) is 4.98 Å². The number of hydrogen-bond donors (Lipinski definition) is 0. The van der Waals surface area contributed by atoms with E-state index in [1.165, 1.54) is 100 Å². The molecule has 1 heterocycles. The van der Waals surface area contributed by atoms with Crippen LogP contribution in [-0.2, 0) is 0 Å². The Kier molecular flexibility index (Phi) is 11.1. The summed E-state index contributed by atoms with van der Waals surface area (Å²) >= 11 is 0. The zero-order valence-electron chi connectivity index (χ0n) is 20.7. The van der Waals surface area contributed by atoms with Crippen molar-refractivity contribution in [2.75, 3.05) is 6.61 Å². The largest absolute Gasteiger partial charge is 0.494 e. The monoisotopic (exact) mass is 435 g/mol. The summed E-state index contributed by atoms with van der Waals surface area (Å²) in [5, 5.41) is 0. The summed E-state index contributed by atoms with van der Waals surface area (Å²) in [5.74, 6) is 2.58. The summed E-state index contributed by atoms with van der Waals surface area (Å²) < 4.78 is 5.84. The molecular formula is C30H45NO. The van der Waals surface area contributed by atoms with Crippen molar-refractivity contribution < 1.29 is 4.74 Å². The van der Waals surface area contributed by atoms with Gasteiger partial charge in [0, 0.05) is 23.4 Å². The molecular weight excluding hydrogens is 390 g/mol. The van der Waals surface area contributed by atoms with Crippen LogP contribution in [0.4, 0.5) is 0 Å². The number of benzene rings is 1. The molecule has 3 rings (SSSR count). The molecule has 1 aliphatic carbocycles. The molecule has 0 N–H and O–H groups in total. The minimum Gasteiger partial charge on any atom is -0.494 e. The Labute approximate surface area is 197 Å². The van der Waals surface area contributed by atoms with Gasteiger partial charge < -0.3 is 4.74 Å². The Morgan fingerprint density at radius 2 is 1.38 bits per heavy atom. The van der Waals surface area contributed by atoms with E-state index in [9.17, 15) is 0 Å². The van der Waals surface area contributed by atoms with Crippen LogP contribution in [0, 0.1) is 5.92 Å². The molecule has 1 aliphatic rings. The van der Waals surface area contributed by atoms with Gasteiger partial charge in [0.2, 0.25) is 0 Å². The highest BCUT2D eigenvalue weighted by molar-refractivity contribution is 5.63. The van der Waals surface area contributed by atoms with E-state index in [1.54, 1.807) is 0 Å². The van der Waals surface area contributed by atoms with Crippen LogP contribution in [0.1, 0.15) is 115 Å². The highest BCUT2D eigenvalue weighted by Gasteiger charge is 2.22. The van der Waals surface area contributed by atoms with Crippen LogP contribution in [0.25, 0.3) is 11.1 Å². The van der Waals surface area contributed by atoms with Crippen molar-refractivity contribution in [1.29, 1.82) is 0 Å². The van der Waals surface area contributed by atoms with Gasteiger partial charge in [-0.05, 0) is 61.8 Å². The molecule has 176 valence electrons. The van der Waals surface area contributed by atoms with Gasteiger partial charge >= 0.3 is 0 Å². The topological polar surface area (TPSA) is 22.1 Å². The third-order valence-corrected chi connectivity index (χ3v) is 7.22. The maximum Gasteiger partial charge on any atom is 0.119 e. The molecule has 0 unspecified atom stereocenters. The third-order valence-electron chi connectivity index (χ3n) is 7.22. The molecule has 1 fully saturated rings. The summed E-state index contributed by atoms with van der Waals surface area (Å²) in [6.07, 6.45) is 21.0. The third kappa shape index (κ3) is 8.26. The number of unbranched alkanes of at least 4 members (excludes halogenated alkanes) is 7. The van der Waals surface area contributed by atoms with Gasteiger partial charge in [0.25, 0.3) is 0 Å². The molecule has 0 bridgehead atoms. The first kappa shape index (κ1) is 24.8. The Morgan fingerprint density at radius 1 is 0.719 bits per heavy atom. The van der Waals surface area contributed by atoms with Crippen LogP contribution in [0.2, 0.25) is 0 Å². The lowest BCUT2D eigenvalue weighted by Gasteiger charge is -2.28. The van der Waals surface area contributed by atoms with E-state index in [-0.39, 0.29) is 0 Å². The second kappa shape index (κ2) is 14.3. The van der Waals surface area contributed by atoms with Crippen molar-refractivity contribution >= 4 is 0 Å². The van der Waals surface area contributed by atoms with E-state index in [2.05, 4.69) is 56.4 Å². The van der Waals surface area contributed by atoms with Crippen molar-refractivity contribution in [3.05, 3.63) is 48.3 Å². The first-order chi connectivity index (χ1) is 15.8. The number of aromatic nitrogens is 1. The summed E-state index contributed by atoms with van der Waals surface area (Å²) in [7, 11) is 0. The van der Waals surface area contributed by atoms with Crippen molar-refractivity contribution in [1.82, 2.24) is 4.98 Å². The summed E-state index contributed by atoms with van der Waals surface area (Å²) in [4.78, 5) is 4.87. The van der Waals surface area contributed by atoms with Crippen LogP contribution in [0.15, 0.2) is 42.6 Å². The molecule has 2 nitrogen and oxygen atoms in total. The number of ether oxygens (including phenoxy) is 1. The molecule has 2 aromatic rings. The number of nitrogens with zero attached hydrogens (tertiary/aromatic N) is 1. The lowest BCUT2D eigenvalue weighted by atomic mass is 9.78. The highest BCUT2D eigenvalue weighted by atomic mass is 16.5. The second-order valence-electron chi connectivity index (χ2n) is 9.83. The fourth-order valence-electron chi connectivity index (χ4n) is 5.06. The minimum atomic E-state index is 0.656. The molecule has 1 saturated carbocycles. The first-order valence-electron chi connectivity index (χ1n) is 13.5. The van der Waals surface area contributed by atoms with Gasteiger partial charge in [0.1, 0.15) is 5.75 Å². The van der Waals surface area contributed by atoms with Gasteiger partial charge in [0.15, 0.2) is 0 Å². The second-order valence-corrected chi connectivity index (χ2v) is 9.83. The predicted molar refractivity (Wildman–Crippen MR) is 137 cm³/mol. The normalized spacial score (nSPS) is 18.6. The highest BCUT2D eigenvalue weighted by Crippen LogP contribution is 2.37. The standard InChI is InChI=1S/C30H45NO/c1-3-5-7-8-9-10-12-25-13-15-27(16-14-25)30-22-19-28(24-31-30)26-17-20-29(21-18-26)32-23-11-6-4-2/h17-22,24-25,27H,3-16,23H2,1-2H3. The molecule has 1 aromatic heterocycles. The van der Waals surface area contributed by atoms with E-state index in [0.717, 1.165) is 24.7 Å². The average Bonchev–Trinajstić information content (AvgIpc) is 2.85. The number of rotatable bonds is 14. The smallest absolute Gasteiger partial charge is 0.119 e. The zero-order chi connectivity index (χ0) is 22.4. The van der Waals surface area contributed by atoms with Crippen LogP contribution < -0.4 is 4.74 Å². The number of pyridine rings is 1. The fraction of sp³-hybridized carbons (Fsp3) is 0.633. The maximum absolute atomic E-state index is 5.84. The van der Waals surface area contributed by atoms with Crippen LogP contribution in [0.5, 0.6) is 5.75 Å². The summed E-state index contributed by atoms with van der Waals surface area (Å²) in [6.45, 7) is 5.32. The lowest BCUT2D eigenvalue weighted by molar-refractivity contribution is 0.299. The molecule has 2 heteroatoms. The Hall–Kier alpha value is -1.83.